The summed E-state index contributed by atoms with van der Waals surface area (Å²) in [6.07, 6.45) is -4.64. The third-order valence-electron chi connectivity index (χ3n) is 1.34. The zero-order chi connectivity index (χ0) is 9.35. The molecule has 0 unspecified atom stereocenters. The van der Waals surface area contributed by atoms with Crippen LogP contribution in [0.2, 0.25) is 0 Å². The van der Waals surface area contributed by atoms with Crippen LogP contribution in [0.5, 0.6) is 0 Å². The van der Waals surface area contributed by atoms with E-state index in [2.05, 4.69) is 6.92 Å². The van der Waals surface area contributed by atoms with E-state index < -0.39 is 17.6 Å². The highest BCUT2D eigenvalue weighted by molar-refractivity contribution is 5.28. The van der Waals surface area contributed by atoms with E-state index in [-0.39, 0.29) is 5.56 Å². The van der Waals surface area contributed by atoms with Gasteiger partial charge in [-0.1, -0.05) is 6.07 Å². The SMILES string of the molecule is [CH2]c1ccc(F)c(C(F)(F)F)c1. The molecule has 0 amide bonds. The van der Waals surface area contributed by atoms with Gasteiger partial charge in [-0.05, 0) is 24.6 Å². The molecule has 0 aliphatic rings. The van der Waals surface area contributed by atoms with Crippen LogP contribution in [0.3, 0.4) is 0 Å². The fourth-order valence-electron chi connectivity index (χ4n) is 0.790. The number of hydrogen-bond donors (Lipinski definition) is 0. The smallest absolute Gasteiger partial charge is 0.206 e. The maximum atomic E-state index is 12.5. The molecule has 0 fully saturated rings. The maximum Gasteiger partial charge on any atom is 0.419 e. The Morgan fingerprint density at radius 1 is 1.17 bits per heavy atom. The third-order valence-corrected chi connectivity index (χ3v) is 1.34. The number of benzene rings is 1. The molecule has 4 heteroatoms. The lowest BCUT2D eigenvalue weighted by Crippen LogP contribution is -2.08. The third kappa shape index (κ3) is 1.75. The number of hydrogen-bond acceptors (Lipinski definition) is 0. The molecule has 1 aromatic rings. The van der Waals surface area contributed by atoms with Crippen molar-refractivity contribution in [3.8, 4) is 0 Å². The molecule has 1 rings (SSSR count). The van der Waals surface area contributed by atoms with E-state index >= 15 is 0 Å². The largest absolute Gasteiger partial charge is 0.419 e. The van der Waals surface area contributed by atoms with E-state index in [0.29, 0.717) is 6.07 Å². The van der Waals surface area contributed by atoms with E-state index in [1.54, 1.807) is 0 Å². The quantitative estimate of drug-likeness (QED) is 0.534. The maximum absolute atomic E-state index is 12.5. The van der Waals surface area contributed by atoms with Crippen LogP contribution in [-0.2, 0) is 6.18 Å². The van der Waals surface area contributed by atoms with Crippen LogP contribution < -0.4 is 0 Å². The predicted octanol–water partition coefficient (Wildman–Crippen LogP) is 3.03. The lowest BCUT2D eigenvalue weighted by molar-refractivity contribution is -0.140. The van der Waals surface area contributed by atoms with Crippen LogP contribution in [0, 0.1) is 12.7 Å². The van der Waals surface area contributed by atoms with Crippen molar-refractivity contribution in [2.75, 3.05) is 0 Å². The molecular weight excluding hydrogens is 172 g/mol. The van der Waals surface area contributed by atoms with Crippen LogP contribution >= 0.6 is 0 Å². The van der Waals surface area contributed by atoms with Gasteiger partial charge in [-0.25, -0.2) is 4.39 Å². The van der Waals surface area contributed by atoms with Crippen molar-refractivity contribution in [1.29, 1.82) is 0 Å². The normalized spacial score (nSPS) is 11.8. The molecule has 0 aliphatic carbocycles. The van der Waals surface area contributed by atoms with E-state index in [1.807, 2.05) is 0 Å². The van der Waals surface area contributed by atoms with Gasteiger partial charge in [0.15, 0.2) is 0 Å². The summed E-state index contributed by atoms with van der Waals surface area (Å²) in [5, 5.41) is 0. The van der Waals surface area contributed by atoms with E-state index in [4.69, 9.17) is 0 Å². The predicted molar refractivity (Wildman–Crippen MR) is 35.9 cm³/mol. The van der Waals surface area contributed by atoms with Crippen molar-refractivity contribution in [2.24, 2.45) is 0 Å². The molecule has 0 atom stereocenters. The van der Waals surface area contributed by atoms with Gasteiger partial charge in [0.05, 0.1) is 5.56 Å². The fraction of sp³-hybridized carbons (Fsp3) is 0.125. The average molecular weight is 177 g/mol. The van der Waals surface area contributed by atoms with E-state index in [0.717, 1.165) is 6.07 Å². The molecule has 1 radical (unpaired) electrons. The molecule has 0 N–H and O–H groups in total. The summed E-state index contributed by atoms with van der Waals surface area (Å²) in [6, 6.07) is 2.62. The Morgan fingerprint density at radius 3 is 2.17 bits per heavy atom. The van der Waals surface area contributed by atoms with Crippen LogP contribution in [0.1, 0.15) is 11.1 Å². The molecule has 0 aromatic heterocycles. The fourth-order valence-corrected chi connectivity index (χ4v) is 0.790. The average Bonchev–Trinajstić information content (AvgIpc) is 1.92. The first-order valence-electron chi connectivity index (χ1n) is 3.10. The highest BCUT2D eigenvalue weighted by Gasteiger charge is 2.33. The first kappa shape index (κ1) is 9.03. The zero-order valence-corrected chi connectivity index (χ0v) is 5.95. The van der Waals surface area contributed by atoms with Crippen molar-refractivity contribution in [2.45, 2.75) is 6.18 Å². The Bertz CT molecular complexity index is 288. The first-order valence-corrected chi connectivity index (χ1v) is 3.10. The molecule has 0 spiro atoms. The Balaban J connectivity index is 3.23. The van der Waals surface area contributed by atoms with E-state index in [9.17, 15) is 17.6 Å². The minimum absolute atomic E-state index is 0.142. The van der Waals surface area contributed by atoms with E-state index in [1.165, 1.54) is 6.07 Å². The van der Waals surface area contributed by atoms with Crippen molar-refractivity contribution in [3.63, 3.8) is 0 Å². The van der Waals surface area contributed by atoms with Gasteiger partial charge in [-0.3, -0.25) is 0 Å². The molecule has 12 heavy (non-hydrogen) atoms. The van der Waals surface area contributed by atoms with Gasteiger partial charge in [0.25, 0.3) is 0 Å². The monoisotopic (exact) mass is 177 g/mol. The highest BCUT2D eigenvalue weighted by Crippen LogP contribution is 2.31. The van der Waals surface area contributed by atoms with Gasteiger partial charge >= 0.3 is 6.18 Å². The second-order valence-electron chi connectivity index (χ2n) is 2.31. The lowest BCUT2D eigenvalue weighted by atomic mass is 10.1. The van der Waals surface area contributed by atoms with Crippen LogP contribution in [0.4, 0.5) is 17.6 Å². The van der Waals surface area contributed by atoms with Crippen LogP contribution in [0.25, 0.3) is 0 Å². The van der Waals surface area contributed by atoms with Crippen LogP contribution in [-0.4, -0.2) is 0 Å². The topological polar surface area (TPSA) is 0 Å². The molecule has 0 bridgehead atoms. The number of rotatable bonds is 0. The first-order chi connectivity index (χ1) is 5.41. The van der Waals surface area contributed by atoms with Crippen LogP contribution in [0.15, 0.2) is 18.2 Å². The molecule has 0 nitrogen and oxygen atoms in total. The van der Waals surface area contributed by atoms with Gasteiger partial charge in [0.1, 0.15) is 5.82 Å². The van der Waals surface area contributed by atoms with Gasteiger partial charge in [0, 0.05) is 0 Å². The second-order valence-corrected chi connectivity index (χ2v) is 2.31. The standard InChI is InChI=1S/C8H5F4/c1-5-2-3-7(9)6(4-5)8(10,11)12/h2-4H,1H2. The minimum atomic E-state index is -4.64. The Morgan fingerprint density at radius 2 is 1.75 bits per heavy atom. The minimum Gasteiger partial charge on any atom is -0.206 e. The summed E-state index contributed by atoms with van der Waals surface area (Å²) in [6.45, 7) is 3.27. The van der Waals surface area contributed by atoms with Crippen molar-refractivity contribution in [3.05, 3.63) is 42.1 Å². The summed E-state index contributed by atoms with van der Waals surface area (Å²) in [5.41, 5.74) is -1.13. The van der Waals surface area contributed by atoms with Gasteiger partial charge in [0.2, 0.25) is 0 Å². The van der Waals surface area contributed by atoms with Gasteiger partial charge in [-0.2, -0.15) is 13.2 Å². The lowest BCUT2D eigenvalue weighted by Gasteiger charge is -2.07. The summed E-state index contributed by atoms with van der Waals surface area (Å²) in [5.74, 6) is -1.27. The number of alkyl halides is 3. The molecule has 65 valence electrons. The summed E-state index contributed by atoms with van der Waals surface area (Å²) < 4.78 is 48.4. The van der Waals surface area contributed by atoms with Gasteiger partial charge in [-0.15, -0.1) is 0 Å². The molecule has 0 heterocycles. The Kier molecular flexibility index (Phi) is 2.08. The summed E-state index contributed by atoms with van der Waals surface area (Å²) in [4.78, 5) is 0. The van der Waals surface area contributed by atoms with Crippen molar-refractivity contribution in [1.82, 2.24) is 0 Å². The second kappa shape index (κ2) is 2.77. The van der Waals surface area contributed by atoms with Crippen molar-refractivity contribution < 1.29 is 17.6 Å². The Hall–Kier alpha value is -1.06. The zero-order valence-electron chi connectivity index (χ0n) is 5.95. The molecule has 0 saturated carbocycles. The molecule has 0 aliphatic heterocycles. The highest BCUT2D eigenvalue weighted by atomic mass is 19.4. The summed E-state index contributed by atoms with van der Waals surface area (Å²) in [7, 11) is 0. The van der Waals surface area contributed by atoms with Gasteiger partial charge < -0.3 is 0 Å². The Labute approximate surface area is 66.8 Å². The summed E-state index contributed by atoms with van der Waals surface area (Å²) >= 11 is 0. The molecule has 1 aromatic carbocycles. The van der Waals surface area contributed by atoms with Crippen molar-refractivity contribution >= 4 is 0 Å². The molecular formula is C8H5F4. The molecule has 0 saturated heterocycles. The number of halogens is 4.